The molecule has 9 unspecified atom stereocenters. The van der Waals surface area contributed by atoms with Gasteiger partial charge in [-0.2, -0.15) is 0 Å². The van der Waals surface area contributed by atoms with Crippen molar-refractivity contribution >= 4 is 28.6 Å². The fraction of sp³-hybridized carbons (Fsp3) is 0.527. The fourth-order valence-electron chi connectivity index (χ4n) is 11.7. The first-order valence-corrected chi connectivity index (χ1v) is 24.9. The second-order valence-electron chi connectivity index (χ2n) is 19.9. The third-order valence-corrected chi connectivity index (χ3v) is 15.2. The van der Waals surface area contributed by atoms with Crippen molar-refractivity contribution in [2.45, 2.75) is 127 Å². The molecule has 0 bridgehead atoms. The minimum absolute atomic E-state index is 0.00259. The standard InChI is InChI=1S/C55H70N4O7/c1-33(61)29-57-30-47-42-9-6-7-35(42)15-19-48-46(47)28-50(59-48)52(63)32-65-54-23-34(12-20-51(54)62)11-16-41-25-39(31-60)53(66-41)10-5-3-2-4-8-40(56)24-38-14-17-43-44(55(38)64)18-13-36-27-49-37(21-22-58-49)26-45(36)43/h12-14,17-18,20-21,23,25-28,33,35,38,40,42,47,52-53,55,57,60-61,63-64,66H,2-11,15-16,19,22,24,29-32,56H2,1H3/p+1. The summed E-state index contributed by atoms with van der Waals surface area (Å²) in [7, 11) is 0. The van der Waals surface area contributed by atoms with Crippen LogP contribution in [0, 0.1) is 35.7 Å². The van der Waals surface area contributed by atoms with Gasteiger partial charge in [-0.05, 0) is 121 Å². The average molecular weight is 900 g/mol. The first-order valence-electron chi connectivity index (χ1n) is 24.9. The molecule has 352 valence electrons. The maximum Gasteiger partial charge on any atom is 0.208 e. The van der Waals surface area contributed by atoms with Gasteiger partial charge in [0.05, 0.1) is 36.1 Å². The van der Waals surface area contributed by atoms with Crippen LogP contribution in [0.15, 0.2) is 81.9 Å². The van der Waals surface area contributed by atoms with Crippen LogP contribution in [0.25, 0.3) is 22.9 Å². The highest BCUT2D eigenvalue weighted by Crippen LogP contribution is 2.48. The highest BCUT2D eigenvalue weighted by molar-refractivity contribution is 6.03. The number of aromatic hydroxyl groups is 1. The molecule has 9 N–H and O–H groups in total. The van der Waals surface area contributed by atoms with E-state index in [4.69, 9.17) is 20.2 Å². The molecule has 66 heavy (non-hydrogen) atoms. The van der Waals surface area contributed by atoms with Crippen LogP contribution in [-0.4, -0.2) is 93.2 Å². The average Bonchev–Trinajstić information content (AvgIpc) is 4.14. The summed E-state index contributed by atoms with van der Waals surface area (Å²) in [4.78, 5) is 9.50. The molecule has 3 aliphatic carbocycles. The number of phenols is 1. The number of fused-ring (bicyclic) bond motifs is 6. The van der Waals surface area contributed by atoms with Gasteiger partial charge in [0.2, 0.25) is 5.70 Å². The van der Waals surface area contributed by atoms with Crippen molar-refractivity contribution in [3.05, 3.63) is 111 Å². The number of nitrogens with two attached hydrogens (primary N) is 1. The van der Waals surface area contributed by atoms with Crippen LogP contribution in [0.2, 0.25) is 0 Å². The van der Waals surface area contributed by atoms with E-state index in [1.54, 1.807) is 13.0 Å². The predicted molar refractivity (Wildman–Crippen MR) is 261 cm³/mol. The van der Waals surface area contributed by atoms with Gasteiger partial charge in [-0.25, -0.2) is 0 Å². The zero-order chi connectivity index (χ0) is 45.7. The third-order valence-electron chi connectivity index (χ3n) is 15.2. The Morgan fingerprint density at radius 3 is 2.80 bits per heavy atom. The first kappa shape index (κ1) is 46.6. The fourth-order valence-corrected chi connectivity index (χ4v) is 11.7. The number of aliphatic imine (C=N–C) groups is 1. The largest absolute Gasteiger partial charge is 0.504 e. The molecule has 11 nitrogen and oxygen atoms in total. The first-order chi connectivity index (χ1) is 32.1. The molecule has 0 saturated heterocycles. The van der Waals surface area contributed by atoms with Crippen LogP contribution in [-0.2, 0) is 6.42 Å². The summed E-state index contributed by atoms with van der Waals surface area (Å²) in [6.07, 6.45) is 23.6. The topological polar surface area (TPSA) is 186 Å². The van der Waals surface area contributed by atoms with Gasteiger partial charge in [0.15, 0.2) is 17.6 Å². The van der Waals surface area contributed by atoms with E-state index in [1.165, 1.54) is 30.4 Å². The van der Waals surface area contributed by atoms with E-state index in [0.29, 0.717) is 48.6 Å². The summed E-state index contributed by atoms with van der Waals surface area (Å²) in [6.45, 7) is 3.84. The Balaban J connectivity index is 0.689. The summed E-state index contributed by atoms with van der Waals surface area (Å²) in [5.41, 5.74) is 12.4. The van der Waals surface area contributed by atoms with Gasteiger partial charge < -0.3 is 46.1 Å². The van der Waals surface area contributed by atoms with Gasteiger partial charge >= 0.3 is 0 Å². The molecule has 11 heteroatoms. The van der Waals surface area contributed by atoms with Crippen molar-refractivity contribution in [3.8, 4) is 11.5 Å². The monoisotopic (exact) mass is 900 g/mol. The summed E-state index contributed by atoms with van der Waals surface area (Å²) in [6, 6.07) is 13.9. The third kappa shape index (κ3) is 10.6. The van der Waals surface area contributed by atoms with Crippen molar-refractivity contribution in [2.75, 3.05) is 32.8 Å². The minimum atomic E-state index is -0.938. The molecule has 0 aromatic heterocycles. The Labute approximate surface area is 389 Å². The van der Waals surface area contributed by atoms with Crippen LogP contribution in [0.4, 0.5) is 0 Å². The smallest absolute Gasteiger partial charge is 0.208 e. The van der Waals surface area contributed by atoms with Crippen molar-refractivity contribution < 1.29 is 35.0 Å². The van der Waals surface area contributed by atoms with Crippen LogP contribution in [0.5, 0.6) is 11.5 Å². The van der Waals surface area contributed by atoms with E-state index in [1.807, 2.05) is 18.2 Å². The van der Waals surface area contributed by atoms with Crippen LogP contribution in [0.1, 0.15) is 113 Å². The van der Waals surface area contributed by atoms with Gasteiger partial charge in [0.1, 0.15) is 30.4 Å². The Kier molecular flexibility index (Phi) is 15.0. The molecule has 2 fully saturated rings. The molecular weight excluding hydrogens is 829 g/mol. The maximum atomic E-state index is 11.4. The lowest BCUT2D eigenvalue weighted by Crippen LogP contribution is -2.36. The number of aliphatic hydroxyl groups is 6. The van der Waals surface area contributed by atoms with Gasteiger partial charge in [0.25, 0.3) is 0 Å². The number of unbranched alkanes of at least 4 members (excludes halogenated alkanes) is 3. The molecule has 3 aromatic rings. The Bertz CT molecular complexity index is 2440. The minimum Gasteiger partial charge on any atom is -0.504 e. The molecule has 0 spiro atoms. The second-order valence-corrected chi connectivity index (χ2v) is 19.9. The van der Waals surface area contributed by atoms with Gasteiger partial charge in [-0.1, -0.05) is 68.5 Å². The summed E-state index contributed by atoms with van der Waals surface area (Å²) in [5.74, 6) is 3.16. The highest BCUT2D eigenvalue weighted by atomic mass is 16.5. The van der Waals surface area contributed by atoms with Crippen molar-refractivity contribution in [2.24, 2.45) is 39.4 Å². The predicted octanol–water partition coefficient (Wildman–Crippen LogP) is 6.14. The maximum absolute atomic E-state index is 11.4. The number of allylic oxidation sites excluding steroid dienone is 1. The summed E-state index contributed by atoms with van der Waals surface area (Å²) < 4.78 is 11.0. The van der Waals surface area contributed by atoms with E-state index >= 15 is 0 Å². The lowest BCUT2D eigenvalue weighted by molar-refractivity contribution is -0.0552. The molecule has 9 rings (SSSR count). The number of phenolic OH excluding ortho intramolecular Hbond substituents is 1. The number of ether oxygens (including phenoxy) is 2. The number of aliphatic hydroxyl groups excluding tert-OH is 4. The molecular formula is C55H71N4O7+. The lowest BCUT2D eigenvalue weighted by Gasteiger charge is -2.28. The van der Waals surface area contributed by atoms with Crippen LogP contribution >= 0.6 is 0 Å². The van der Waals surface area contributed by atoms with E-state index in [9.17, 15) is 25.5 Å². The van der Waals surface area contributed by atoms with Crippen LogP contribution in [0.3, 0.4) is 0 Å². The zero-order valence-corrected chi connectivity index (χ0v) is 38.6. The van der Waals surface area contributed by atoms with Crippen molar-refractivity contribution in [1.29, 1.82) is 0 Å². The number of aryl methyl sites for hydroxylation is 1. The Morgan fingerprint density at radius 1 is 1.06 bits per heavy atom. The SMILES string of the molecule is CC(O)CNCC1[C+]2C=C(C(O)COc3cc(CC[C-]4C=C(CO)C(CCCCCCC(N)CC5C=Cc6c(ccc7cc8c(cc67)=CCN=8)C5O)[OH+]4)ccc3O)N=C2CCC2CCCC21. The molecule has 9 atom stereocenters. The Hall–Kier alpha value is -4.46. The van der Waals surface area contributed by atoms with Gasteiger partial charge in [-0.15, -0.1) is 16.6 Å². The van der Waals surface area contributed by atoms with Crippen molar-refractivity contribution in [1.82, 2.24) is 5.32 Å². The number of hydrogen-bond acceptors (Lipinski definition) is 10. The number of nitrogens with one attached hydrogen (secondary N) is 1. The normalized spacial score (nSPS) is 25.5. The highest BCUT2D eigenvalue weighted by Gasteiger charge is 2.49. The molecule has 3 heterocycles. The van der Waals surface area contributed by atoms with E-state index in [-0.39, 0.29) is 37.0 Å². The summed E-state index contributed by atoms with van der Waals surface area (Å²) >= 11 is 0. The van der Waals surface area contributed by atoms with Crippen molar-refractivity contribution in [3.63, 3.8) is 0 Å². The number of hydrogen-bond donors (Lipinski definition) is 7. The van der Waals surface area contributed by atoms with E-state index < -0.39 is 18.3 Å². The second kappa shape index (κ2) is 21.2. The van der Waals surface area contributed by atoms with E-state index in [0.717, 1.165) is 121 Å². The lowest BCUT2D eigenvalue weighted by atomic mass is 9.77. The number of rotatable bonds is 21. The van der Waals surface area contributed by atoms with Gasteiger partial charge in [0, 0.05) is 44.5 Å². The quantitative estimate of drug-likeness (QED) is 0.0378. The molecule has 0 amide bonds. The molecule has 3 aliphatic heterocycles. The number of benzene rings is 3. The van der Waals surface area contributed by atoms with Crippen LogP contribution < -0.4 is 26.4 Å². The number of nitrogens with zero attached hydrogens (tertiary/aromatic N) is 2. The molecule has 3 aromatic carbocycles. The van der Waals surface area contributed by atoms with Gasteiger partial charge in [-0.3, -0.25) is 4.99 Å². The Morgan fingerprint density at radius 2 is 1.94 bits per heavy atom. The molecule has 0 radical (unpaired) electrons. The van der Waals surface area contributed by atoms with E-state index in [2.05, 4.69) is 58.9 Å². The molecule has 6 aliphatic rings. The summed E-state index contributed by atoms with van der Waals surface area (Å²) in [5, 5.41) is 61.4. The molecule has 2 saturated carbocycles. The zero-order valence-electron chi connectivity index (χ0n) is 38.6.